The molecule has 0 aromatic heterocycles. The second-order valence-electron chi connectivity index (χ2n) is 24.7. The average Bonchev–Trinajstić information content (AvgIpc) is 4.04. The zero-order valence-corrected chi connectivity index (χ0v) is 53.1. The summed E-state index contributed by atoms with van der Waals surface area (Å²) < 4.78 is 11.9. The number of Topliss-reactive ketones (excluding diaryl/α,β-unsaturated/α-hetero) is 2. The zero-order valence-electron chi connectivity index (χ0n) is 53.1. The molecule has 3 aromatic rings. The first-order chi connectivity index (χ1) is 38.8. The lowest BCUT2D eigenvalue weighted by molar-refractivity contribution is -0.149. The molecule has 83 heavy (non-hydrogen) atoms. The molecule has 17 heteroatoms. The van der Waals surface area contributed by atoms with Crippen molar-refractivity contribution in [1.82, 2.24) is 20.4 Å². The van der Waals surface area contributed by atoms with Crippen LogP contribution in [0.25, 0.3) is 0 Å². The number of aliphatic carboxylic acids is 2. The van der Waals surface area contributed by atoms with Crippen LogP contribution in [0.4, 0.5) is 0 Å². The molecule has 17 nitrogen and oxygen atoms in total. The lowest BCUT2D eigenvalue weighted by atomic mass is 9.84. The largest absolute Gasteiger partial charge is 0.480 e. The molecule has 0 unspecified atom stereocenters. The summed E-state index contributed by atoms with van der Waals surface area (Å²) in [5.74, 6) is -4.00. The summed E-state index contributed by atoms with van der Waals surface area (Å²) in [4.78, 5) is 93.3. The highest BCUT2D eigenvalue weighted by Gasteiger charge is 2.43. The van der Waals surface area contributed by atoms with E-state index < -0.39 is 66.1 Å². The van der Waals surface area contributed by atoms with Gasteiger partial charge >= 0.3 is 11.9 Å². The Bertz CT molecular complexity index is 2550. The fourth-order valence-electron chi connectivity index (χ4n) is 11.0. The van der Waals surface area contributed by atoms with Crippen LogP contribution in [-0.2, 0) is 62.3 Å². The molecule has 0 saturated carbocycles. The highest BCUT2D eigenvalue weighted by Crippen LogP contribution is 2.31. The Morgan fingerprint density at radius 2 is 1.20 bits per heavy atom. The molecular formula is C66H104N6O11. The van der Waals surface area contributed by atoms with Gasteiger partial charge in [0.2, 0.25) is 17.7 Å². The van der Waals surface area contributed by atoms with Crippen LogP contribution < -0.4 is 22.1 Å². The number of hydrogen-bond donors (Lipinski definition) is 6. The lowest BCUT2D eigenvalue weighted by Gasteiger charge is -2.41. The summed E-state index contributed by atoms with van der Waals surface area (Å²) >= 11 is 0. The monoisotopic (exact) mass is 1160 g/mol. The Labute approximate surface area is 496 Å². The number of carboxylic acid groups (broad SMARTS) is 2. The van der Waals surface area contributed by atoms with Gasteiger partial charge in [-0.05, 0) is 110 Å². The first-order valence-corrected chi connectivity index (χ1v) is 29.6. The fraction of sp³-hybridized carbons (Fsp3) is 0.621. The predicted molar refractivity (Wildman–Crippen MR) is 329 cm³/mol. The third-order valence-electron chi connectivity index (χ3n) is 16.3. The number of nitrogens with one attached hydrogen (secondary N) is 2. The van der Waals surface area contributed by atoms with Gasteiger partial charge in [0, 0.05) is 53.0 Å². The van der Waals surface area contributed by atoms with E-state index >= 15 is 0 Å². The normalized spacial score (nSPS) is 17.0. The Morgan fingerprint density at radius 1 is 0.711 bits per heavy atom. The molecular weight excluding hydrogens is 1050 g/mol. The van der Waals surface area contributed by atoms with E-state index in [2.05, 4.69) is 44.4 Å². The van der Waals surface area contributed by atoms with E-state index in [-0.39, 0.29) is 77.9 Å². The minimum atomic E-state index is -1.13. The van der Waals surface area contributed by atoms with Gasteiger partial charge in [0.15, 0.2) is 5.78 Å². The molecule has 0 bridgehead atoms. The minimum absolute atomic E-state index is 0.00182. The molecule has 0 aliphatic carbocycles. The fourth-order valence-corrected chi connectivity index (χ4v) is 11.0. The molecule has 1 fully saturated rings. The molecule has 1 aliphatic heterocycles. The number of carboxylic acids is 2. The molecule has 1 aliphatic rings. The second kappa shape index (κ2) is 35.4. The van der Waals surface area contributed by atoms with Gasteiger partial charge in [-0.15, -0.1) is 0 Å². The number of nitrogens with two attached hydrogens (primary N) is 2. The smallest absolute Gasteiger partial charge is 0.326 e. The number of rotatable bonds is 29. The van der Waals surface area contributed by atoms with Crippen molar-refractivity contribution in [1.29, 1.82) is 0 Å². The standard InChI is InChI=1S/C41H68N4O8.C15H23NO.C10H13NO2/c1-13-26(6)37(44(10)40(49)30(24(2)3)22-33(46)36(42-9)25(4)5)34(52-11)23-35(47)45-20-16-19-32(45)38(53-12)28(8)39(48)43-31(41(50)51)21-29-18-15-14-17-27(29)7;1-11-7-5-6-8-12(11)9-13(16)14(17)10-15(2,3)4;1-7-4-2-3-5-8(7)6-9(11)10(12)13/h14-15,17-18,24-26,28,30-32,34,36-38,42H,13,16,19-23H2,1-12H3,(H,43,48)(H,50,51);5-8,13H,9-10,16H2,1-4H3;2-5,9H,6,11H2,1H3,(H,12,13)/t26-,28+,30-,31-,32-,34+,36-,37-,38+;13-;9-/m000/s1. The maximum atomic E-state index is 14.2. The average molecular weight is 1160 g/mol. The molecule has 0 radical (unpaired) electrons. The summed E-state index contributed by atoms with van der Waals surface area (Å²) in [6, 6.07) is 19.7. The number of aryl methyl sites for hydroxylation is 3. The number of nitrogens with zero attached hydrogens (tertiary/aromatic N) is 2. The van der Waals surface area contributed by atoms with E-state index in [4.69, 9.17) is 26.0 Å². The van der Waals surface area contributed by atoms with Crippen molar-refractivity contribution < 1.29 is 53.2 Å². The van der Waals surface area contributed by atoms with Gasteiger partial charge in [0.1, 0.15) is 17.9 Å². The van der Waals surface area contributed by atoms with Gasteiger partial charge in [-0.1, -0.05) is 148 Å². The molecule has 11 atom stereocenters. The zero-order chi connectivity index (χ0) is 63.1. The molecule has 4 rings (SSSR count). The van der Waals surface area contributed by atoms with E-state index in [1.165, 1.54) is 18.2 Å². The Hall–Kier alpha value is -5.85. The van der Waals surface area contributed by atoms with E-state index in [9.17, 15) is 38.7 Å². The van der Waals surface area contributed by atoms with Crippen molar-refractivity contribution in [3.63, 3.8) is 0 Å². The Kier molecular flexibility index (Phi) is 31.3. The van der Waals surface area contributed by atoms with Crippen LogP contribution in [0.3, 0.4) is 0 Å². The van der Waals surface area contributed by atoms with Crippen LogP contribution in [0.15, 0.2) is 72.8 Å². The van der Waals surface area contributed by atoms with Crippen LogP contribution >= 0.6 is 0 Å². The van der Waals surface area contributed by atoms with Crippen molar-refractivity contribution in [2.45, 2.75) is 196 Å². The van der Waals surface area contributed by atoms with Crippen LogP contribution in [0.1, 0.15) is 141 Å². The molecule has 3 aromatic carbocycles. The summed E-state index contributed by atoms with van der Waals surface area (Å²) in [7, 11) is 6.57. The number of carbonyl (C=O) groups excluding carboxylic acids is 5. The van der Waals surface area contributed by atoms with E-state index in [0.29, 0.717) is 38.6 Å². The van der Waals surface area contributed by atoms with Crippen molar-refractivity contribution in [2.24, 2.45) is 46.5 Å². The summed E-state index contributed by atoms with van der Waals surface area (Å²) in [6.07, 6.45) is 2.61. The maximum Gasteiger partial charge on any atom is 0.326 e. The minimum Gasteiger partial charge on any atom is -0.480 e. The van der Waals surface area contributed by atoms with Gasteiger partial charge in [-0.25, -0.2) is 4.79 Å². The summed E-state index contributed by atoms with van der Waals surface area (Å²) in [5.41, 5.74) is 17.6. The first kappa shape index (κ1) is 73.3. The van der Waals surface area contributed by atoms with Crippen LogP contribution in [0.5, 0.6) is 0 Å². The maximum absolute atomic E-state index is 14.2. The third kappa shape index (κ3) is 23.3. The molecule has 1 saturated heterocycles. The number of ketones is 2. The number of ether oxygens (including phenoxy) is 2. The van der Waals surface area contributed by atoms with E-state index in [0.717, 1.165) is 28.7 Å². The topological polar surface area (TPSA) is 261 Å². The van der Waals surface area contributed by atoms with E-state index in [1.807, 2.05) is 122 Å². The molecule has 0 spiro atoms. The highest BCUT2D eigenvalue weighted by atomic mass is 16.5. The number of hydrogen-bond acceptors (Lipinski definition) is 12. The molecule has 3 amide bonds. The number of likely N-dealkylation sites (tertiary alicyclic amines) is 1. The number of benzene rings is 3. The summed E-state index contributed by atoms with van der Waals surface area (Å²) in [6.45, 7) is 26.2. The van der Waals surface area contributed by atoms with Gasteiger partial charge < -0.3 is 51.6 Å². The lowest BCUT2D eigenvalue weighted by Crippen LogP contribution is -2.55. The molecule has 8 N–H and O–H groups in total. The van der Waals surface area contributed by atoms with Gasteiger partial charge in [0.25, 0.3) is 0 Å². The van der Waals surface area contributed by atoms with Crippen LogP contribution in [-0.4, -0.2) is 145 Å². The first-order valence-electron chi connectivity index (χ1n) is 29.6. The Morgan fingerprint density at radius 3 is 1.61 bits per heavy atom. The van der Waals surface area contributed by atoms with Crippen LogP contribution in [0.2, 0.25) is 0 Å². The van der Waals surface area contributed by atoms with E-state index in [1.54, 1.807) is 37.9 Å². The molecule has 464 valence electrons. The number of likely N-dealkylation sites (N-methyl/N-ethyl adjacent to an activating group) is 2. The molecule has 1 heterocycles. The number of methoxy groups -OCH3 is 2. The second-order valence-corrected chi connectivity index (χ2v) is 24.7. The Balaban J connectivity index is 0.000000628. The van der Waals surface area contributed by atoms with Crippen molar-refractivity contribution in [3.8, 4) is 0 Å². The number of carbonyl (C=O) groups is 7. The van der Waals surface area contributed by atoms with Gasteiger partial charge in [-0.3, -0.25) is 28.8 Å². The van der Waals surface area contributed by atoms with Crippen LogP contribution in [0, 0.1) is 55.8 Å². The highest BCUT2D eigenvalue weighted by molar-refractivity contribution is 5.90. The predicted octanol–water partition coefficient (Wildman–Crippen LogP) is 8.32. The van der Waals surface area contributed by atoms with Crippen molar-refractivity contribution in [3.05, 3.63) is 106 Å². The van der Waals surface area contributed by atoms with Gasteiger partial charge in [0.05, 0.1) is 48.7 Å². The third-order valence-corrected chi connectivity index (χ3v) is 16.3. The quantitative estimate of drug-likeness (QED) is 0.0382. The summed E-state index contributed by atoms with van der Waals surface area (Å²) in [5, 5.41) is 24.4. The van der Waals surface area contributed by atoms with Gasteiger partial charge in [-0.2, -0.15) is 0 Å². The number of amides is 3. The SMILES string of the molecule is CC[C@H](C)[C@@H]([C@@H](CC(=O)N1CCC[C@H]1[C@H](OC)[C@@H](C)C(=O)N[C@@H](Cc1ccccc1C)C(=O)O)OC)N(C)C(=O)[C@@H](CC(=O)[C@@H](NC)C(C)C)C(C)C.Cc1ccccc1C[C@H](N)C(=O)CC(C)(C)C.Cc1ccccc1C[C@H](N)C(=O)O. The van der Waals surface area contributed by atoms with Crippen molar-refractivity contribution in [2.75, 3.05) is 34.9 Å². The van der Waals surface area contributed by atoms with Crippen molar-refractivity contribution >= 4 is 41.2 Å².